The van der Waals surface area contributed by atoms with Gasteiger partial charge in [0.1, 0.15) is 6.04 Å². The van der Waals surface area contributed by atoms with Crippen molar-refractivity contribution < 1.29 is 19.5 Å². The number of aliphatic carboxylic acids is 1. The van der Waals surface area contributed by atoms with Crippen molar-refractivity contribution in [1.29, 1.82) is 0 Å². The van der Waals surface area contributed by atoms with Crippen LogP contribution in [0.4, 0.5) is 5.69 Å². The van der Waals surface area contributed by atoms with E-state index >= 15 is 0 Å². The van der Waals surface area contributed by atoms with Gasteiger partial charge in [-0.15, -0.1) is 0 Å². The quantitative estimate of drug-likeness (QED) is 0.682. The Morgan fingerprint density at radius 2 is 1.64 bits per heavy atom. The number of anilines is 1. The standard InChI is InChI=1S/C22H26N2O4/c1-13(2)19(24-20(25)18-11-6-5-8-14(18)3)21(26)23-17-10-7-9-16(12-17)15(4)22(27)28/h5-13,15,19H,1-4H3,(H,23,26)(H,24,25)(H,27,28). The van der Waals surface area contributed by atoms with Gasteiger partial charge in [0, 0.05) is 11.3 Å². The van der Waals surface area contributed by atoms with Crippen LogP contribution in [0.3, 0.4) is 0 Å². The van der Waals surface area contributed by atoms with Gasteiger partial charge in [-0.25, -0.2) is 0 Å². The maximum atomic E-state index is 12.8. The molecule has 0 aliphatic carbocycles. The highest BCUT2D eigenvalue weighted by atomic mass is 16.4. The molecule has 6 heteroatoms. The summed E-state index contributed by atoms with van der Waals surface area (Å²) in [4.78, 5) is 36.6. The summed E-state index contributed by atoms with van der Waals surface area (Å²) in [5.41, 5.74) is 2.44. The van der Waals surface area contributed by atoms with Crippen LogP contribution in [0.25, 0.3) is 0 Å². The number of carboxylic acids is 1. The second-order valence-corrected chi connectivity index (χ2v) is 7.18. The average Bonchev–Trinajstić information content (AvgIpc) is 2.65. The van der Waals surface area contributed by atoms with Gasteiger partial charge in [-0.2, -0.15) is 0 Å². The fraction of sp³-hybridized carbons (Fsp3) is 0.318. The molecule has 0 aliphatic rings. The zero-order valence-electron chi connectivity index (χ0n) is 16.5. The van der Waals surface area contributed by atoms with Gasteiger partial charge >= 0.3 is 5.97 Å². The monoisotopic (exact) mass is 382 g/mol. The molecule has 3 N–H and O–H groups in total. The van der Waals surface area contributed by atoms with Crippen molar-refractivity contribution in [1.82, 2.24) is 5.32 Å². The van der Waals surface area contributed by atoms with Gasteiger partial charge in [0.2, 0.25) is 5.91 Å². The predicted octanol–water partition coefficient (Wildman–Crippen LogP) is 3.58. The van der Waals surface area contributed by atoms with Crippen molar-refractivity contribution in [2.45, 2.75) is 39.7 Å². The van der Waals surface area contributed by atoms with Crippen LogP contribution in [0.5, 0.6) is 0 Å². The van der Waals surface area contributed by atoms with Crippen LogP contribution in [0, 0.1) is 12.8 Å². The Balaban J connectivity index is 2.15. The maximum Gasteiger partial charge on any atom is 0.310 e. The molecule has 2 aromatic carbocycles. The van der Waals surface area contributed by atoms with Crippen LogP contribution < -0.4 is 10.6 Å². The van der Waals surface area contributed by atoms with Crippen molar-refractivity contribution in [3.63, 3.8) is 0 Å². The predicted molar refractivity (Wildman–Crippen MR) is 108 cm³/mol. The summed E-state index contributed by atoms with van der Waals surface area (Å²) >= 11 is 0. The van der Waals surface area contributed by atoms with Crippen molar-refractivity contribution in [2.75, 3.05) is 5.32 Å². The number of amides is 2. The van der Waals surface area contributed by atoms with E-state index in [9.17, 15) is 14.4 Å². The third-order valence-electron chi connectivity index (χ3n) is 4.65. The topological polar surface area (TPSA) is 95.5 Å². The molecule has 148 valence electrons. The van der Waals surface area contributed by atoms with Gasteiger partial charge in [0.15, 0.2) is 0 Å². The lowest BCUT2D eigenvalue weighted by Gasteiger charge is -2.22. The SMILES string of the molecule is Cc1ccccc1C(=O)NC(C(=O)Nc1cccc(C(C)C(=O)O)c1)C(C)C. The normalized spacial score (nSPS) is 12.9. The first-order valence-electron chi connectivity index (χ1n) is 9.20. The molecule has 0 bridgehead atoms. The molecule has 2 amide bonds. The molecule has 2 atom stereocenters. The Labute approximate surface area is 165 Å². The molecule has 2 aromatic rings. The second-order valence-electron chi connectivity index (χ2n) is 7.18. The number of carboxylic acid groups (broad SMARTS) is 1. The lowest BCUT2D eigenvalue weighted by Crippen LogP contribution is -2.47. The number of benzene rings is 2. The highest BCUT2D eigenvalue weighted by Gasteiger charge is 2.25. The minimum Gasteiger partial charge on any atom is -0.481 e. The summed E-state index contributed by atoms with van der Waals surface area (Å²) in [5.74, 6) is -2.40. The highest BCUT2D eigenvalue weighted by Crippen LogP contribution is 2.20. The van der Waals surface area contributed by atoms with Gasteiger partial charge in [-0.3, -0.25) is 14.4 Å². The molecule has 2 unspecified atom stereocenters. The molecular weight excluding hydrogens is 356 g/mol. The zero-order chi connectivity index (χ0) is 20.8. The van der Waals surface area contributed by atoms with Gasteiger partial charge in [-0.05, 0) is 49.1 Å². The molecule has 0 heterocycles. The Kier molecular flexibility index (Phi) is 6.93. The molecule has 0 aromatic heterocycles. The summed E-state index contributed by atoms with van der Waals surface area (Å²) in [6.45, 7) is 7.13. The van der Waals surface area contributed by atoms with Gasteiger partial charge in [-0.1, -0.05) is 44.2 Å². The van der Waals surface area contributed by atoms with E-state index in [0.717, 1.165) is 5.56 Å². The van der Waals surface area contributed by atoms with Gasteiger partial charge in [0.25, 0.3) is 5.91 Å². The molecular formula is C22H26N2O4. The summed E-state index contributed by atoms with van der Waals surface area (Å²) in [5, 5.41) is 14.8. The third kappa shape index (κ3) is 5.19. The number of hydrogen-bond acceptors (Lipinski definition) is 3. The Bertz CT molecular complexity index is 876. The summed E-state index contributed by atoms with van der Waals surface area (Å²) in [6.07, 6.45) is 0. The number of nitrogens with one attached hydrogen (secondary N) is 2. The molecule has 2 rings (SSSR count). The molecule has 0 spiro atoms. The number of carbonyl (C=O) groups excluding carboxylic acids is 2. The molecule has 0 fully saturated rings. The lowest BCUT2D eigenvalue weighted by atomic mass is 10.00. The van der Waals surface area contributed by atoms with E-state index in [1.165, 1.54) is 0 Å². The van der Waals surface area contributed by atoms with Crippen LogP contribution in [-0.4, -0.2) is 28.9 Å². The van der Waals surface area contributed by atoms with Gasteiger partial charge < -0.3 is 15.7 Å². The van der Waals surface area contributed by atoms with Crippen molar-refractivity contribution >= 4 is 23.5 Å². The molecule has 28 heavy (non-hydrogen) atoms. The second kappa shape index (κ2) is 9.17. The smallest absolute Gasteiger partial charge is 0.310 e. The molecule has 6 nitrogen and oxygen atoms in total. The fourth-order valence-electron chi connectivity index (χ4n) is 2.83. The molecule has 0 radical (unpaired) electrons. The van der Waals surface area contributed by atoms with E-state index in [-0.39, 0.29) is 17.7 Å². The minimum absolute atomic E-state index is 0.130. The number of rotatable bonds is 7. The first-order valence-corrected chi connectivity index (χ1v) is 9.20. The fourth-order valence-corrected chi connectivity index (χ4v) is 2.83. The first kappa shape index (κ1) is 21.2. The number of hydrogen-bond donors (Lipinski definition) is 3. The van der Waals surface area contributed by atoms with Crippen LogP contribution in [-0.2, 0) is 9.59 Å². The number of aryl methyl sites for hydroxylation is 1. The lowest BCUT2D eigenvalue weighted by molar-refractivity contribution is -0.138. The maximum absolute atomic E-state index is 12.8. The van der Waals surface area contributed by atoms with Crippen molar-refractivity contribution in [2.24, 2.45) is 5.92 Å². The molecule has 0 aliphatic heterocycles. The van der Waals surface area contributed by atoms with Crippen LogP contribution >= 0.6 is 0 Å². The van der Waals surface area contributed by atoms with Crippen LogP contribution in [0.15, 0.2) is 48.5 Å². The van der Waals surface area contributed by atoms with E-state index in [1.807, 2.05) is 32.9 Å². The Morgan fingerprint density at radius 3 is 2.25 bits per heavy atom. The van der Waals surface area contributed by atoms with E-state index in [4.69, 9.17) is 5.11 Å². The van der Waals surface area contributed by atoms with E-state index in [0.29, 0.717) is 16.8 Å². The molecule has 0 saturated carbocycles. The summed E-state index contributed by atoms with van der Waals surface area (Å²) in [7, 11) is 0. The summed E-state index contributed by atoms with van der Waals surface area (Å²) in [6, 6.07) is 13.2. The van der Waals surface area contributed by atoms with Crippen molar-refractivity contribution in [3.8, 4) is 0 Å². The van der Waals surface area contributed by atoms with Crippen molar-refractivity contribution in [3.05, 3.63) is 65.2 Å². The average molecular weight is 382 g/mol. The van der Waals surface area contributed by atoms with Gasteiger partial charge in [0.05, 0.1) is 5.92 Å². The van der Waals surface area contributed by atoms with Crippen LogP contribution in [0.1, 0.15) is 48.2 Å². The first-order chi connectivity index (χ1) is 13.2. The Hall–Kier alpha value is -3.15. The van der Waals surface area contributed by atoms with E-state index < -0.39 is 17.9 Å². The Morgan fingerprint density at radius 1 is 0.964 bits per heavy atom. The largest absolute Gasteiger partial charge is 0.481 e. The van der Waals surface area contributed by atoms with E-state index in [1.54, 1.807) is 43.3 Å². The minimum atomic E-state index is -0.936. The van der Waals surface area contributed by atoms with Crippen LogP contribution in [0.2, 0.25) is 0 Å². The van der Waals surface area contributed by atoms with E-state index in [2.05, 4.69) is 10.6 Å². The zero-order valence-corrected chi connectivity index (χ0v) is 16.5. The summed E-state index contributed by atoms with van der Waals surface area (Å²) < 4.78 is 0. The third-order valence-corrected chi connectivity index (χ3v) is 4.65. The number of carbonyl (C=O) groups is 3. The molecule has 0 saturated heterocycles. The highest BCUT2D eigenvalue weighted by molar-refractivity contribution is 6.02.